The lowest BCUT2D eigenvalue weighted by Crippen LogP contribution is -2.33. The Labute approximate surface area is 164 Å². The zero-order valence-electron chi connectivity index (χ0n) is 16.3. The quantitative estimate of drug-likeness (QED) is 0.720. The number of pyridine rings is 1. The van der Waals surface area contributed by atoms with Gasteiger partial charge >= 0.3 is 0 Å². The van der Waals surface area contributed by atoms with Crippen molar-refractivity contribution >= 4 is 11.7 Å². The molecule has 0 saturated carbocycles. The van der Waals surface area contributed by atoms with Crippen molar-refractivity contribution in [3.63, 3.8) is 0 Å². The smallest absolute Gasteiger partial charge is 0.261 e. The van der Waals surface area contributed by atoms with Crippen LogP contribution in [0.2, 0.25) is 0 Å². The van der Waals surface area contributed by atoms with Crippen LogP contribution in [-0.4, -0.2) is 30.3 Å². The molecule has 2 N–H and O–H groups in total. The van der Waals surface area contributed by atoms with Crippen molar-refractivity contribution < 1.29 is 14.3 Å². The maximum absolute atomic E-state index is 12.7. The van der Waals surface area contributed by atoms with E-state index in [1.807, 2.05) is 24.3 Å². The number of ketones is 1. The summed E-state index contributed by atoms with van der Waals surface area (Å²) >= 11 is 0. The van der Waals surface area contributed by atoms with Gasteiger partial charge in [-0.05, 0) is 42.5 Å². The first-order valence-electron chi connectivity index (χ1n) is 9.75. The Hall–Kier alpha value is -2.89. The third kappa shape index (κ3) is 4.32. The summed E-state index contributed by atoms with van der Waals surface area (Å²) in [5.74, 6) is 0.271. The molecule has 0 bridgehead atoms. The van der Waals surface area contributed by atoms with Gasteiger partial charge in [0.15, 0.2) is 5.78 Å². The molecule has 148 valence electrons. The summed E-state index contributed by atoms with van der Waals surface area (Å²) in [5, 5.41) is 2.76. The second-order valence-electron chi connectivity index (χ2n) is 7.17. The molecule has 0 saturated heterocycles. The van der Waals surface area contributed by atoms with Crippen LogP contribution in [0.15, 0.2) is 35.1 Å². The summed E-state index contributed by atoms with van der Waals surface area (Å²) in [5.41, 5.74) is 1.63. The third-order valence-corrected chi connectivity index (χ3v) is 5.20. The molecule has 1 amide bonds. The molecule has 1 aliphatic carbocycles. The van der Waals surface area contributed by atoms with E-state index < -0.39 is 11.5 Å². The van der Waals surface area contributed by atoms with E-state index in [-0.39, 0.29) is 17.3 Å². The molecule has 0 fully saturated rings. The molecule has 6 heteroatoms. The number of H-pyrrole nitrogens is 1. The lowest BCUT2D eigenvalue weighted by molar-refractivity contribution is 0.0951. The minimum absolute atomic E-state index is 0.00437. The fourth-order valence-corrected chi connectivity index (χ4v) is 3.58. The number of aromatic amines is 1. The van der Waals surface area contributed by atoms with Gasteiger partial charge in [-0.15, -0.1) is 0 Å². The Balaban J connectivity index is 1.79. The van der Waals surface area contributed by atoms with Gasteiger partial charge in [0.2, 0.25) is 0 Å². The average molecular weight is 382 g/mol. The fourth-order valence-electron chi connectivity index (χ4n) is 3.58. The van der Waals surface area contributed by atoms with E-state index in [0.29, 0.717) is 30.6 Å². The molecule has 0 spiro atoms. The van der Waals surface area contributed by atoms with Gasteiger partial charge in [0.1, 0.15) is 11.3 Å². The summed E-state index contributed by atoms with van der Waals surface area (Å²) < 4.78 is 5.17. The summed E-state index contributed by atoms with van der Waals surface area (Å²) in [7, 11) is 1.61. The van der Waals surface area contributed by atoms with Gasteiger partial charge in [-0.3, -0.25) is 14.4 Å². The predicted molar refractivity (Wildman–Crippen MR) is 107 cm³/mol. The first kappa shape index (κ1) is 19.9. The Bertz CT molecular complexity index is 915. The molecule has 1 aromatic heterocycles. The zero-order valence-corrected chi connectivity index (χ0v) is 16.3. The molecule has 1 unspecified atom stereocenters. The Morgan fingerprint density at radius 3 is 2.61 bits per heavy atom. The number of carbonyl (C=O) groups excluding carboxylic acids is 2. The van der Waals surface area contributed by atoms with Crippen LogP contribution in [0, 0.1) is 0 Å². The SMILES string of the molecule is CCCCCNC(=O)c1cc2c([nH]c1=O)CC(c1ccc(OC)cc1)CC2=O. The van der Waals surface area contributed by atoms with Gasteiger partial charge < -0.3 is 15.0 Å². The Morgan fingerprint density at radius 2 is 1.93 bits per heavy atom. The number of unbranched alkanes of at least 4 members (excludes halogenated alkanes) is 2. The third-order valence-electron chi connectivity index (χ3n) is 5.20. The molecule has 1 atom stereocenters. The largest absolute Gasteiger partial charge is 0.497 e. The van der Waals surface area contributed by atoms with Gasteiger partial charge in [0, 0.05) is 24.2 Å². The maximum atomic E-state index is 12.7. The van der Waals surface area contributed by atoms with Crippen molar-refractivity contribution in [3.8, 4) is 5.75 Å². The number of fused-ring (bicyclic) bond motifs is 1. The standard InChI is InChI=1S/C22H26N2O4/c1-3-4-5-10-23-21(26)18-13-17-19(24-22(18)27)11-15(12-20(17)25)14-6-8-16(28-2)9-7-14/h6-9,13,15H,3-5,10-12H2,1-2H3,(H,23,26)(H,24,27). The number of hydrogen-bond acceptors (Lipinski definition) is 4. The topological polar surface area (TPSA) is 88.3 Å². The van der Waals surface area contributed by atoms with Crippen molar-refractivity contribution in [2.75, 3.05) is 13.7 Å². The van der Waals surface area contributed by atoms with E-state index in [2.05, 4.69) is 17.2 Å². The molecule has 28 heavy (non-hydrogen) atoms. The van der Waals surface area contributed by atoms with Crippen LogP contribution in [0.4, 0.5) is 0 Å². The molecule has 2 aromatic rings. The number of rotatable bonds is 7. The van der Waals surface area contributed by atoms with E-state index in [1.54, 1.807) is 7.11 Å². The molecule has 3 rings (SSSR count). The number of amides is 1. The van der Waals surface area contributed by atoms with E-state index in [9.17, 15) is 14.4 Å². The Morgan fingerprint density at radius 1 is 1.18 bits per heavy atom. The van der Waals surface area contributed by atoms with Gasteiger partial charge in [-0.1, -0.05) is 31.9 Å². The lowest BCUT2D eigenvalue weighted by atomic mass is 9.81. The predicted octanol–water partition coefficient (Wildman–Crippen LogP) is 3.22. The second-order valence-corrected chi connectivity index (χ2v) is 7.17. The van der Waals surface area contributed by atoms with E-state index in [0.717, 1.165) is 30.6 Å². The van der Waals surface area contributed by atoms with Crippen LogP contribution in [0.25, 0.3) is 0 Å². The summed E-state index contributed by atoms with van der Waals surface area (Å²) in [6.45, 7) is 2.61. The number of aromatic nitrogens is 1. The summed E-state index contributed by atoms with van der Waals surface area (Å²) in [6.07, 6.45) is 3.85. The van der Waals surface area contributed by atoms with Crippen LogP contribution in [0.1, 0.15) is 70.5 Å². The fraction of sp³-hybridized carbons (Fsp3) is 0.409. The molecule has 0 radical (unpaired) electrons. The minimum Gasteiger partial charge on any atom is -0.497 e. The van der Waals surface area contributed by atoms with Crippen molar-refractivity contribution in [1.29, 1.82) is 0 Å². The average Bonchev–Trinajstić information content (AvgIpc) is 2.70. The number of Topliss-reactive ketones (excluding diaryl/α,β-unsaturated/α-hetero) is 1. The van der Waals surface area contributed by atoms with Crippen LogP contribution < -0.4 is 15.6 Å². The number of ether oxygens (including phenoxy) is 1. The van der Waals surface area contributed by atoms with Gasteiger partial charge in [-0.2, -0.15) is 0 Å². The molecule has 1 aromatic carbocycles. The zero-order chi connectivity index (χ0) is 20.1. The highest BCUT2D eigenvalue weighted by molar-refractivity contribution is 6.02. The molecule has 1 heterocycles. The van der Waals surface area contributed by atoms with Gasteiger partial charge in [0.25, 0.3) is 11.5 Å². The highest BCUT2D eigenvalue weighted by Crippen LogP contribution is 2.32. The first-order chi connectivity index (χ1) is 13.5. The second kappa shape index (κ2) is 8.87. The molecule has 1 aliphatic rings. The number of benzene rings is 1. The number of methoxy groups -OCH3 is 1. The number of carbonyl (C=O) groups is 2. The van der Waals surface area contributed by atoms with Crippen molar-refractivity contribution in [2.45, 2.75) is 44.9 Å². The molecule has 6 nitrogen and oxygen atoms in total. The number of hydrogen-bond donors (Lipinski definition) is 2. The van der Waals surface area contributed by atoms with E-state index in [1.165, 1.54) is 6.07 Å². The number of nitrogens with one attached hydrogen (secondary N) is 2. The lowest BCUT2D eigenvalue weighted by Gasteiger charge is -2.24. The van der Waals surface area contributed by atoms with Crippen LogP contribution >= 0.6 is 0 Å². The van der Waals surface area contributed by atoms with Gasteiger partial charge in [0.05, 0.1) is 7.11 Å². The Kier molecular flexibility index (Phi) is 6.29. The summed E-state index contributed by atoms with van der Waals surface area (Å²) in [4.78, 5) is 40.2. The maximum Gasteiger partial charge on any atom is 0.261 e. The van der Waals surface area contributed by atoms with Crippen molar-refractivity contribution in [2.24, 2.45) is 0 Å². The molecular formula is C22H26N2O4. The normalized spacial score (nSPS) is 15.8. The van der Waals surface area contributed by atoms with E-state index >= 15 is 0 Å². The monoisotopic (exact) mass is 382 g/mol. The van der Waals surface area contributed by atoms with Gasteiger partial charge in [-0.25, -0.2) is 0 Å². The van der Waals surface area contributed by atoms with Crippen LogP contribution in [-0.2, 0) is 6.42 Å². The van der Waals surface area contributed by atoms with Crippen molar-refractivity contribution in [1.82, 2.24) is 10.3 Å². The van der Waals surface area contributed by atoms with Crippen molar-refractivity contribution in [3.05, 3.63) is 63.1 Å². The van der Waals surface area contributed by atoms with E-state index in [4.69, 9.17) is 4.74 Å². The first-order valence-corrected chi connectivity index (χ1v) is 9.75. The highest BCUT2D eigenvalue weighted by atomic mass is 16.5. The van der Waals surface area contributed by atoms with Crippen LogP contribution in [0.3, 0.4) is 0 Å². The minimum atomic E-state index is -0.449. The van der Waals surface area contributed by atoms with Crippen LogP contribution in [0.5, 0.6) is 5.75 Å². The molecular weight excluding hydrogens is 356 g/mol. The summed E-state index contributed by atoms with van der Waals surface area (Å²) in [6, 6.07) is 9.07. The highest BCUT2D eigenvalue weighted by Gasteiger charge is 2.28. The molecule has 0 aliphatic heterocycles.